The van der Waals surface area contributed by atoms with Gasteiger partial charge in [0.2, 0.25) is 15.9 Å². The summed E-state index contributed by atoms with van der Waals surface area (Å²) in [7, 11) is -2.60. The molecule has 7 nitrogen and oxygen atoms in total. The average Bonchev–Trinajstić information content (AvgIpc) is 3.16. The molecule has 1 amide bonds. The number of benzene rings is 2. The summed E-state index contributed by atoms with van der Waals surface area (Å²) in [6.45, 7) is 0.0863. The summed E-state index contributed by atoms with van der Waals surface area (Å²) in [4.78, 5) is 12.3. The summed E-state index contributed by atoms with van der Waals surface area (Å²) in [5.74, 6) is -1.02. The minimum atomic E-state index is -3.90. The highest BCUT2D eigenvalue weighted by atomic mass is 32.2. The number of anilines is 1. The van der Waals surface area contributed by atoms with E-state index in [2.05, 4.69) is 10.4 Å². The molecule has 9 heteroatoms. The third-order valence-corrected chi connectivity index (χ3v) is 5.89. The van der Waals surface area contributed by atoms with Crippen molar-refractivity contribution in [2.75, 3.05) is 18.9 Å². The van der Waals surface area contributed by atoms with Crippen molar-refractivity contribution in [2.24, 2.45) is 0 Å². The molecule has 1 aromatic heterocycles. The van der Waals surface area contributed by atoms with Gasteiger partial charge in [0.25, 0.3) is 0 Å². The van der Waals surface area contributed by atoms with E-state index in [0.717, 1.165) is 22.0 Å². The number of nitrogens with zero attached hydrogens (tertiary/aromatic N) is 3. The largest absolute Gasteiger partial charge is 0.325 e. The fraction of sp³-hybridized carbons (Fsp3) is 0.158. The molecule has 0 atom stereocenters. The zero-order valence-electron chi connectivity index (χ0n) is 15.1. The first-order chi connectivity index (χ1) is 13.4. The Balaban J connectivity index is 1.69. The number of hydrogen-bond acceptors (Lipinski definition) is 4. The van der Waals surface area contributed by atoms with Crippen LogP contribution in [0.3, 0.4) is 0 Å². The topological polar surface area (TPSA) is 84.3 Å². The van der Waals surface area contributed by atoms with Crippen molar-refractivity contribution in [3.8, 4) is 0 Å². The molecule has 3 aromatic rings. The Kier molecular flexibility index (Phi) is 5.86. The predicted octanol–water partition coefficient (Wildman–Crippen LogP) is 2.33. The van der Waals surface area contributed by atoms with Gasteiger partial charge >= 0.3 is 0 Å². The number of hydrogen-bond donors (Lipinski definition) is 1. The molecule has 0 fully saturated rings. The standard InChI is InChI=1S/C19H19FN4O3S/c1-23(28(26,27)17-9-7-16(20)8-10-17)14-19(25)22-18-6-3-2-5-15(18)13-24-12-4-11-21-24/h2-12H,13-14H2,1H3,(H,22,25). The number of aromatic nitrogens is 2. The lowest BCUT2D eigenvalue weighted by Crippen LogP contribution is -2.35. The van der Waals surface area contributed by atoms with Crippen LogP contribution in [0.4, 0.5) is 10.1 Å². The lowest BCUT2D eigenvalue weighted by atomic mass is 10.1. The minimum absolute atomic E-state index is 0.0803. The fourth-order valence-electron chi connectivity index (χ4n) is 2.61. The molecule has 0 bridgehead atoms. The lowest BCUT2D eigenvalue weighted by Gasteiger charge is -2.18. The van der Waals surface area contributed by atoms with Crippen molar-refractivity contribution < 1.29 is 17.6 Å². The zero-order chi connectivity index (χ0) is 20.1. The summed E-state index contributed by atoms with van der Waals surface area (Å²) in [6.07, 6.45) is 3.47. The van der Waals surface area contributed by atoms with Crippen molar-refractivity contribution in [2.45, 2.75) is 11.4 Å². The minimum Gasteiger partial charge on any atom is -0.325 e. The quantitative estimate of drug-likeness (QED) is 0.657. The second-order valence-electron chi connectivity index (χ2n) is 6.12. The van der Waals surface area contributed by atoms with Crippen LogP contribution in [0.25, 0.3) is 0 Å². The third kappa shape index (κ3) is 4.62. The summed E-state index contributed by atoms with van der Waals surface area (Å²) in [6, 6.07) is 13.5. The van der Waals surface area contributed by atoms with Crippen LogP contribution in [0, 0.1) is 5.82 Å². The Morgan fingerprint density at radius 3 is 2.54 bits per heavy atom. The molecule has 2 aromatic carbocycles. The van der Waals surface area contributed by atoms with Gasteiger partial charge in [0.1, 0.15) is 5.82 Å². The van der Waals surface area contributed by atoms with Crippen LogP contribution < -0.4 is 5.32 Å². The van der Waals surface area contributed by atoms with Crippen molar-refractivity contribution >= 4 is 21.6 Å². The third-order valence-electron chi connectivity index (χ3n) is 4.07. The molecule has 3 rings (SSSR count). The van der Waals surface area contributed by atoms with E-state index in [1.165, 1.54) is 19.2 Å². The number of sulfonamides is 1. The van der Waals surface area contributed by atoms with Gasteiger partial charge in [-0.05, 0) is 42.0 Å². The molecule has 1 N–H and O–H groups in total. The number of para-hydroxylation sites is 1. The van der Waals surface area contributed by atoms with Gasteiger partial charge in [-0.2, -0.15) is 9.40 Å². The fourth-order valence-corrected chi connectivity index (χ4v) is 3.74. The van der Waals surface area contributed by atoms with Gasteiger partial charge in [0.15, 0.2) is 0 Å². The molecular weight excluding hydrogens is 383 g/mol. The maximum absolute atomic E-state index is 13.0. The van der Waals surface area contributed by atoms with Crippen LogP contribution in [0.1, 0.15) is 5.56 Å². The first kappa shape index (κ1) is 19.7. The van der Waals surface area contributed by atoms with Crippen LogP contribution in [0.15, 0.2) is 71.9 Å². The summed E-state index contributed by atoms with van der Waals surface area (Å²) < 4.78 is 40.7. The molecule has 0 spiro atoms. The van der Waals surface area contributed by atoms with Crippen molar-refractivity contribution in [3.05, 3.63) is 78.4 Å². The Labute approximate surface area is 162 Å². The Morgan fingerprint density at radius 1 is 1.14 bits per heavy atom. The van der Waals surface area contributed by atoms with E-state index in [0.29, 0.717) is 12.2 Å². The normalized spacial score (nSPS) is 11.5. The second kappa shape index (κ2) is 8.32. The van der Waals surface area contributed by atoms with E-state index in [1.54, 1.807) is 29.1 Å². The maximum atomic E-state index is 13.0. The highest BCUT2D eigenvalue weighted by molar-refractivity contribution is 7.89. The molecule has 0 saturated heterocycles. The van der Waals surface area contributed by atoms with Crippen molar-refractivity contribution in [3.63, 3.8) is 0 Å². The highest BCUT2D eigenvalue weighted by Gasteiger charge is 2.23. The molecular formula is C19H19FN4O3S. The number of rotatable bonds is 7. The lowest BCUT2D eigenvalue weighted by molar-refractivity contribution is -0.116. The van der Waals surface area contributed by atoms with E-state index < -0.39 is 21.7 Å². The number of carbonyl (C=O) groups is 1. The number of amides is 1. The smallest absolute Gasteiger partial charge is 0.243 e. The summed E-state index contributed by atoms with van der Waals surface area (Å²) in [5, 5.41) is 6.88. The van der Waals surface area contributed by atoms with E-state index in [-0.39, 0.29) is 11.4 Å². The first-order valence-corrected chi connectivity index (χ1v) is 9.87. The van der Waals surface area contributed by atoms with Gasteiger partial charge in [-0.1, -0.05) is 18.2 Å². The van der Waals surface area contributed by atoms with Gasteiger partial charge in [0.05, 0.1) is 18.0 Å². The first-order valence-electron chi connectivity index (χ1n) is 8.43. The van der Waals surface area contributed by atoms with Crippen LogP contribution in [-0.2, 0) is 21.4 Å². The number of nitrogens with one attached hydrogen (secondary N) is 1. The van der Waals surface area contributed by atoms with Gasteiger partial charge in [-0.25, -0.2) is 12.8 Å². The number of carbonyl (C=O) groups excluding carboxylic acids is 1. The molecule has 0 aliphatic heterocycles. The van der Waals surface area contributed by atoms with Gasteiger partial charge in [-0.15, -0.1) is 0 Å². The van der Waals surface area contributed by atoms with E-state index in [4.69, 9.17) is 0 Å². The van der Waals surface area contributed by atoms with Crippen molar-refractivity contribution in [1.82, 2.24) is 14.1 Å². The average molecular weight is 402 g/mol. The molecule has 1 heterocycles. The van der Waals surface area contributed by atoms with Crippen LogP contribution >= 0.6 is 0 Å². The SMILES string of the molecule is CN(CC(=O)Nc1ccccc1Cn1cccn1)S(=O)(=O)c1ccc(F)cc1. The maximum Gasteiger partial charge on any atom is 0.243 e. The van der Waals surface area contributed by atoms with E-state index in [9.17, 15) is 17.6 Å². The van der Waals surface area contributed by atoms with Crippen LogP contribution in [0.5, 0.6) is 0 Å². The van der Waals surface area contributed by atoms with Gasteiger partial charge in [0, 0.05) is 25.1 Å². The molecule has 28 heavy (non-hydrogen) atoms. The van der Waals surface area contributed by atoms with E-state index in [1.807, 2.05) is 18.3 Å². The number of likely N-dealkylation sites (N-methyl/N-ethyl adjacent to an activating group) is 1. The van der Waals surface area contributed by atoms with Crippen LogP contribution in [0.2, 0.25) is 0 Å². The monoisotopic (exact) mass is 402 g/mol. The molecule has 0 aliphatic rings. The van der Waals surface area contributed by atoms with Crippen LogP contribution in [-0.4, -0.2) is 42.0 Å². The number of halogens is 1. The van der Waals surface area contributed by atoms with E-state index >= 15 is 0 Å². The highest BCUT2D eigenvalue weighted by Crippen LogP contribution is 2.18. The second-order valence-corrected chi connectivity index (χ2v) is 8.17. The Morgan fingerprint density at radius 2 is 1.86 bits per heavy atom. The molecule has 0 saturated carbocycles. The zero-order valence-corrected chi connectivity index (χ0v) is 15.9. The summed E-state index contributed by atoms with van der Waals surface area (Å²) in [5.41, 5.74) is 1.42. The van der Waals surface area contributed by atoms with Crippen molar-refractivity contribution in [1.29, 1.82) is 0 Å². The Hall–Kier alpha value is -3.04. The van der Waals surface area contributed by atoms with Gasteiger partial charge in [-0.3, -0.25) is 9.48 Å². The molecule has 0 unspecified atom stereocenters. The summed E-state index contributed by atoms with van der Waals surface area (Å²) >= 11 is 0. The van der Waals surface area contributed by atoms with Gasteiger partial charge < -0.3 is 5.32 Å². The molecule has 0 radical (unpaired) electrons. The predicted molar refractivity (Wildman–Crippen MR) is 103 cm³/mol. The Bertz CT molecular complexity index is 1050. The molecule has 0 aliphatic carbocycles. The molecule has 146 valence electrons.